The van der Waals surface area contributed by atoms with E-state index in [2.05, 4.69) is 17.1 Å². The van der Waals surface area contributed by atoms with E-state index in [1.165, 1.54) is 58.0 Å². The first-order valence-electron chi connectivity index (χ1n) is 7.47. The van der Waals surface area contributed by atoms with Gasteiger partial charge in [0, 0.05) is 38.0 Å². The molecule has 0 aromatic rings. The fourth-order valence-electron chi connectivity index (χ4n) is 3.43. The Balaban J connectivity index is 1.54. The van der Waals surface area contributed by atoms with Crippen molar-refractivity contribution in [1.29, 1.82) is 0 Å². The van der Waals surface area contributed by atoms with Crippen LogP contribution in [0.15, 0.2) is 0 Å². The molecule has 1 atom stereocenters. The summed E-state index contributed by atoms with van der Waals surface area (Å²) in [6.45, 7) is 5.70. The minimum absolute atomic E-state index is 0.0312. The van der Waals surface area contributed by atoms with Crippen LogP contribution in [0.1, 0.15) is 51.9 Å². The summed E-state index contributed by atoms with van der Waals surface area (Å²) in [6, 6.07) is 1.61. The predicted molar refractivity (Wildman–Crippen MR) is 69.0 cm³/mol. The lowest BCUT2D eigenvalue weighted by Crippen LogP contribution is -2.61. The Morgan fingerprint density at radius 3 is 2.65 bits per heavy atom. The van der Waals surface area contributed by atoms with E-state index in [9.17, 15) is 0 Å². The summed E-state index contributed by atoms with van der Waals surface area (Å²) in [6.07, 6.45) is 9.01. The summed E-state index contributed by atoms with van der Waals surface area (Å²) in [5.74, 6) is 0. The monoisotopic (exact) mass is 238 g/mol. The molecule has 0 radical (unpaired) electrons. The van der Waals surface area contributed by atoms with Crippen molar-refractivity contribution < 1.29 is 4.74 Å². The second kappa shape index (κ2) is 4.87. The van der Waals surface area contributed by atoms with E-state index in [-0.39, 0.29) is 5.72 Å². The van der Waals surface area contributed by atoms with E-state index in [1.807, 2.05) is 0 Å². The summed E-state index contributed by atoms with van der Waals surface area (Å²) >= 11 is 0. The fraction of sp³-hybridized carbons (Fsp3) is 1.00. The van der Waals surface area contributed by atoms with E-state index >= 15 is 0 Å². The Morgan fingerprint density at radius 2 is 2.00 bits per heavy atom. The van der Waals surface area contributed by atoms with Crippen molar-refractivity contribution in [3.8, 4) is 0 Å². The molecule has 2 saturated heterocycles. The highest BCUT2D eigenvalue weighted by molar-refractivity contribution is 4.95. The van der Waals surface area contributed by atoms with Crippen molar-refractivity contribution >= 4 is 0 Å². The average molecular weight is 238 g/mol. The first-order valence-corrected chi connectivity index (χ1v) is 7.47. The highest BCUT2D eigenvalue weighted by atomic mass is 16.5. The summed E-state index contributed by atoms with van der Waals surface area (Å²) < 4.78 is 6.09. The van der Waals surface area contributed by atoms with Crippen LogP contribution in [0.25, 0.3) is 0 Å². The Kier molecular flexibility index (Phi) is 3.42. The van der Waals surface area contributed by atoms with Crippen LogP contribution in [0.5, 0.6) is 0 Å². The lowest BCUT2D eigenvalue weighted by Gasteiger charge is -2.47. The third-order valence-electron chi connectivity index (χ3n) is 4.62. The molecular formula is C14H26N2O. The molecule has 0 amide bonds. The molecule has 98 valence electrons. The normalized spacial score (nSPS) is 34.1. The van der Waals surface area contributed by atoms with E-state index in [1.54, 1.807) is 0 Å². The highest BCUT2D eigenvalue weighted by Gasteiger charge is 2.42. The SMILES string of the molecule is CCCC1CCOC2(CCN(C3CC3)CC2)N1. The van der Waals surface area contributed by atoms with Crippen LogP contribution in [0.3, 0.4) is 0 Å². The van der Waals surface area contributed by atoms with Crippen molar-refractivity contribution in [3.05, 3.63) is 0 Å². The highest BCUT2D eigenvalue weighted by Crippen LogP contribution is 2.34. The van der Waals surface area contributed by atoms with Crippen LogP contribution in [0.4, 0.5) is 0 Å². The molecule has 2 heterocycles. The quantitative estimate of drug-likeness (QED) is 0.815. The Hall–Kier alpha value is -0.120. The Labute approximate surface area is 105 Å². The van der Waals surface area contributed by atoms with E-state index < -0.39 is 0 Å². The second-order valence-corrected chi connectivity index (χ2v) is 6.03. The lowest BCUT2D eigenvalue weighted by atomic mass is 9.95. The zero-order valence-corrected chi connectivity index (χ0v) is 11.1. The van der Waals surface area contributed by atoms with Gasteiger partial charge in [-0.3, -0.25) is 5.32 Å². The number of nitrogens with zero attached hydrogens (tertiary/aromatic N) is 1. The van der Waals surface area contributed by atoms with Gasteiger partial charge in [-0.25, -0.2) is 0 Å². The zero-order valence-electron chi connectivity index (χ0n) is 11.1. The van der Waals surface area contributed by atoms with Crippen molar-refractivity contribution in [1.82, 2.24) is 10.2 Å². The minimum Gasteiger partial charge on any atom is -0.360 e. The van der Waals surface area contributed by atoms with Gasteiger partial charge in [0.2, 0.25) is 0 Å². The summed E-state index contributed by atoms with van der Waals surface area (Å²) in [5, 5.41) is 3.80. The Morgan fingerprint density at radius 1 is 1.24 bits per heavy atom. The first kappa shape index (κ1) is 11.9. The van der Waals surface area contributed by atoms with Crippen molar-refractivity contribution in [2.24, 2.45) is 0 Å². The van der Waals surface area contributed by atoms with Crippen molar-refractivity contribution in [2.75, 3.05) is 19.7 Å². The molecule has 3 aliphatic rings. The molecule has 1 saturated carbocycles. The van der Waals surface area contributed by atoms with Gasteiger partial charge in [-0.15, -0.1) is 0 Å². The van der Waals surface area contributed by atoms with Crippen LogP contribution in [0.2, 0.25) is 0 Å². The van der Waals surface area contributed by atoms with E-state index in [4.69, 9.17) is 4.74 Å². The van der Waals surface area contributed by atoms with Crippen LogP contribution in [-0.2, 0) is 4.74 Å². The largest absolute Gasteiger partial charge is 0.360 e. The maximum absolute atomic E-state index is 6.09. The van der Waals surface area contributed by atoms with Gasteiger partial charge in [-0.05, 0) is 25.7 Å². The summed E-state index contributed by atoms with van der Waals surface area (Å²) in [5.41, 5.74) is 0.0312. The topological polar surface area (TPSA) is 24.5 Å². The molecular weight excluding hydrogens is 212 g/mol. The smallest absolute Gasteiger partial charge is 0.121 e. The molecule has 3 fully saturated rings. The maximum Gasteiger partial charge on any atom is 0.121 e. The number of rotatable bonds is 3. The number of nitrogens with one attached hydrogen (secondary N) is 1. The molecule has 0 bridgehead atoms. The van der Waals surface area contributed by atoms with Gasteiger partial charge in [0.05, 0.1) is 6.61 Å². The van der Waals surface area contributed by atoms with Gasteiger partial charge in [-0.1, -0.05) is 13.3 Å². The van der Waals surface area contributed by atoms with Gasteiger partial charge >= 0.3 is 0 Å². The molecule has 0 aromatic carbocycles. The first-order chi connectivity index (χ1) is 8.31. The fourth-order valence-corrected chi connectivity index (χ4v) is 3.43. The second-order valence-electron chi connectivity index (χ2n) is 6.03. The molecule has 1 spiro atoms. The number of hydrogen-bond donors (Lipinski definition) is 1. The summed E-state index contributed by atoms with van der Waals surface area (Å²) in [7, 11) is 0. The third kappa shape index (κ3) is 2.67. The van der Waals surface area contributed by atoms with Gasteiger partial charge < -0.3 is 9.64 Å². The van der Waals surface area contributed by atoms with Crippen LogP contribution in [0, 0.1) is 0 Å². The maximum atomic E-state index is 6.09. The van der Waals surface area contributed by atoms with Crippen molar-refractivity contribution in [3.63, 3.8) is 0 Å². The van der Waals surface area contributed by atoms with Crippen LogP contribution < -0.4 is 5.32 Å². The molecule has 3 rings (SSSR count). The molecule has 3 nitrogen and oxygen atoms in total. The minimum atomic E-state index is 0.0312. The number of likely N-dealkylation sites (tertiary alicyclic amines) is 1. The van der Waals surface area contributed by atoms with Crippen molar-refractivity contribution in [2.45, 2.75) is 69.7 Å². The predicted octanol–water partition coefficient (Wildman–Crippen LogP) is 2.12. The number of piperidine rings is 1. The molecule has 0 aromatic heterocycles. The van der Waals surface area contributed by atoms with Gasteiger partial charge in [0.15, 0.2) is 0 Å². The summed E-state index contributed by atoms with van der Waals surface area (Å²) in [4.78, 5) is 2.67. The lowest BCUT2D eigenvalue weighted by molar-refractivity contribution is -0.140. The average Bonchev–Trinajstić information content (AvgIpc) is 3.15. The van der Waals surface area contributed by atoms with Crippen LogP contribution in [-0.4, -0.2) is 42.4 Å². The zero-order chi connectivity index (χ0) is 11.7. The van der Waals surface area contributed by atoms with E-state index in [0.29, 0.717) is 6.04 Å². The molecule has 1 aliphatic carbocycles. The molecule has 2 aliphatic heterocycles. The van der Waals surface area contributed by atoms with Gasteiger partial charge in [0.25, 0.3) is 0 Å². The third-order valence-corrected chi connectivity index (χ3v) is 4.62. The van der Waals surface area contributed by atoms with Gasteiger partial charge in [-0.2, -0.15) is 0 Å². The van der Waals surface area contributed by atoms with E-state index in [0.717, 1.165) is 12.6 Å². The Bertz CT molecular complexity index is 255. The molecule has 1 N–H and O–H groups in total. The molecule has 17 heavy (non-hydrogen) atoms. The molecule has 3 heteroatoms. The number of hydrogen-bond acceptors (Lipinski definition) is 3. The number of ether oxygens (including phenoxy) is 1. The standard InChI is InChI=1S/C14H26N2O/c1-2-3-12-6-11-17-14(15-12)7-9-16(10-8-14)13-4-5-13/h12-13,15H,2-11H2,1H3. The van der Waals surface area contributed by atoms with Crippen LogP contribution >= 0.6 is 0 Å². The molecule has 1 unspecified atom stereocenters. The van der Waals surface area contributed by atoms with Gasteiger partial charge in [0.1, 0.15) is 5.72 Å².